The molecule has 0 N–H and O–H groups in total. The number of ether oxygens (including phenoxy) is 3. The van der Waals surface area contributed by atoms with E-state index < -0.39 is 0 Å². The predicted molar refractivity (Wildman–Crippen MR) is 301 cm³/mol. The van der Waals surface area contributed by atoms with E-state index in [0.717, 1.165) is 33.4 Å². The number of hydrogen-bond acceptors (Lipinski definition) is 18. The molecule has 9 aromatic heterocycles. The van der Waals surface area contributed by atoms with Gasteiger partial charge in [0.25, 0.3) is 0 Å². The van der Waals surface area contributed by atoms with E-state index in [2.05, 4.69) is 61.0 Å². The number of benzene rings is 3. The molecule has 0 aliphatic carbocycles. The first-order chi connectivity index (χ1) is 39.3. The second kappa shape index (κ2) is 25.0. The number of nitrogens with zero attached hydrogens (tertiary/aromatic N) is 15. The average Bonchev–Trinajstić information content (AvgIpc) is 4.39. The molecule has 21 nitrogen and oxygen atoms in total. The smallest absolute Gasteiger partial charge is 0.317 e. The van der Waals surface area contributed by atoms with Crippen LogP contribution in [0, 0.1) is 0 Å². The molecule has 1 unspecified atom stereocenters. The van der Waals surface area contributed by atoms with Gasteiger partial charge < -0.3 is 27.8 Å². The largest absolute Gasteiger partial charge is 0.454 e. The third-order valence-corrected chi connectivity index (χ3v) is 13.0. The maximum Gasteiger partial charge on any atom is 0.317 e. The fraction of sp³-hybridized carbons (Fsp3) is 0.158. The second-order valence-electron chi connectivity index (χ2n) is 18.0. The Hall–Kier alpha value is -9.57. The van der Waals surface area contributed by atoms with Crippen molar-refractivity contribution >= 4 is 34.8 Å². The van der Waals surface area contributed by atoms with Crippen molar-refractivity contribution in [3.63, 3.8) is 0 Å². The topological polar surface area (TPSA) is 237 Å². The molecule has 12 rings (SSSR count). The zero-order valence-corrected chi connectivity index (χ0v) is 46.4. The van der Waals surface area contributed by atoms with Gasteiger partial charge >= 0.3 is 18.0 Å². The van der Waals surface area contributed by atoms with Crippen molar-refractivity contribution in [1.82, 2.24) is 74.7 Å². The third-order valence-electron chi connectivity index (χ3n) is 12.3. The molecule has 0 radical (unpaired) electrons. The Morgan fingerprint density at radius 2 is 0.704 bits per heavy atom. The Labute approximate surface area is 478 Å². The Kier molecular flexibility index (Phi) is 16.9. The minimum atomic E-state index is -0.369. The zero-order chi connectivity index (χ0) is 56.4. The Morgan fingerprint density at radius 3 is 1.02 bits per heavy atom. The first-order valence-corrected chi connectivity index (χ1v) is 26.1. The van der Waals surface area contributed by atoms with Gasteiger partial charge in [-0.3, -0.25) is 28.7 Å². The van der Waals surface area contributed by atoms with Gasteiger partial charge in [-0.25, -0.2) is 0 Å². The molecule has 0 bridgehead atoms. The van der Waals surface area contributed by atoms with E-state index in [9.17, 15) is 0 Å². The van der Waals surface area contributed by atoms with Crippen molar-refractivity contribution in [2.75, 3.05) is 0 Å². The van der Waals surface area contributed by atoms with Gasteiger partial charge in [0.1, 0.15) is 35.4 Å². The summed E-state index contributed by atoms with van der Waals surface area (Å²) in [5.41, 5.74) is 7.19. The van der Waals surface area contributed by atoms with Gasteiger partial charge in [-0.15, -0.1) is 15.3 Å². The molecule has 408 valence electrons. The summed E-state index contributed by atoms with van der Waals surface area (Å²) in [6.07, 6.45) is 9.17. The summed E-state index contributed by atoms with van der Waals surface area (Å²) >= 11 is 18.1. The highest BCUT2D eigenvalue weighted by molar-refractivity contribution is 6.31. The van der Waals surface area contributed by atoms with Crippen LogP contribution in [0.1, 0.15) is 56.2 Å². The summed E-state index contributed by atoms with van der Waals surface area (Å²) in [7, 11) is 5.53. The average molecular weight is 1150 g/mol. The van der Waals surface area contributed by atoms with Crippen LogP contribution in [0.25, 0.3) is 68.1 Å². The molecule has 0 amide bonds. The van der Waals surface area contributed by atoms with Crippen LogP contribution in [0.3, 0.4) is 0 Å². The van der Waals surface area contributed by atoms with Crippen molar-refractivity contribution in [3.05, 3.63) is 197 Å². The van der Waals surface area contributed by atoms with E-state index in [1.165, 1.54) is 0 Å². The maximum atomic E-state index is 6.03. The molecule has 0 saturated carbocycles. The molecule has 0 aliphatic heterocycles. The number of hydrogen-bond donors (Lipinski definition) is 0. The third kappa shape index (κ3) is 13.1. The van der Waals surface area contributed by atoms with Crippen LogP contribution < -0.4 is 14.2 Å². The Bertz CT molecular complexity index is 3590. The summed E-state index contributed by atoms with van der Waals surface area (Å²) < 4.78 is 39.4. The molecule has 81 heavy (non-hydrogen) atoms. The van der Waals surface area contributed by atoms with Crippen molar-refractivity contribution in [3.8, 4) is 86.2 Å². The highest BCUT2D eigenvalue weighted by atomic mass is 35.5. The molecule has 3 atom stereocenters. The van der Waals surface area contributed by atoms with E-state index in [1.807, 2.05) is 169 Å². The molecular formula is C57H48Cl3N15O6. The fourth-order valence-corrected chi connectivity index (χ4v) is 8.50. The highest BCUT2D eigenvalue weighted by Crippen LogP contribution is 2.32. The van der Waals surface area contributed by atoms with E-state index in [0.29, 0.717) is 84.9 Å². The van der Waals surface area contributed by atoms with E-state index in [1.54, 1.807) is 50.9 Å². The van der Waals surface area contributed by atoms with Gasteiger partial charge in [-0.1, -0.05) is 102 Å². The SMILES string of the molecule is CC(Oc1nnc(-c2cccnc2)n1C)c1cc(-c2cccc(Cl)c2)on1.C[C@@H](Oc1nnc(-c2ccncc2)n1C)c1cc(-c2cccc(Cl)c2)on1.C[C@H](Oc1nnc(-c2ccncc2)n1C)c1cc(-c2cccc(Cl)c2)on1. The molecular weight excluding hydrogens is 1100 g/mol. The van der Waals surface area contributed by atoms with Crippen LogP contribution in [0.15, 0.2) is 178 Å². The minimum absolute atomic E-state index is 0.366. The lowest BCUT2D eigenvalue weighted by molar-refractivity contribution is 0.190. The van der Waals surface area contributed by atoms with Gasteiger partial charge in [-0.05, 0) is 93.6 Å². The number of halogens is 3. The zero-order valence-electron chi connectivity index (χ0n) is 44.1. The molecule has 3 aromatic carbocycles. The van der Waals surface area contributed by atoms with E-state index in [4.69, 9.17) is 62.6 Å². The van der Waals surface area contributed by atoms with E-state index >= 15 is 0 Å². The first-order valence-electron chi connectivity index (χ1n) is 24.9. The van der Waals surface area contributed by atoms with Crippen LogP contribution in [-0.4, -0.2) is 74.7 Å². The standard InChI is InChI=1S/3C19H16ClN5O2/c1-12(16-10-17(27-24-16)13-5-3-7-15(20)9-13)26-19-23-22-18(25(19)2)14-6-4-8-21-11-14;2*1-12(16-11-17(27-24-16)14-4-3-5-15(20)10-14)26-19-23-22-18(25(19)2)13-6-8-21-9-7-13/h3*3-12H,1-2H3/t;2*12-/m.10/s1. The monoisotopic (exact) mass is 1140 g/mol. The van der Waals surface area contributed by atoms with Crippen LogP contribution in [0.2, 0.25) is 15.1 Å². The quantitative estimate of drug-likeness (QED) is 0.0927. The Balaban J connectivity index is 0.000000136. The second-order valence-corrected chi connectivity index (χ2v) is 19.3. The Morgan fingerprint density at radius 1 is 0.370 bits per heavy atom. The lowest BCUT2D eigenvalue weighted by atomic mass is 10.1. The first kappa shape index (κ1) is 54.8. The molecule has 0 saturated heterocycles. The lowest BCUT2D eigenvalue weighted by Gasteiger charge is -2.10. The fourth-order valence-electron chi connectivity index (χ4n) is 7.93. The molecule has 12 aromatic rings. The lowest BCUT2D eigenvalue weighted by Crippen LogP contribution is -2.07. The minimum Gasteiger partial charge on any atom is -0.454 e. The van der Waals surface area contributed by atoms with Crippen molar-refractivity contribution in [1.29, 1.82) is 0 Å². The highest BCUT2D eigenvalue weighted by Gasteiger charge is 2.23. The van der Waals surface area contributed by atoms with Crippen molar-refractivity contribution in [2.45, 2.75) is 39.1 Å². The van der Waals surface area contributed by atoms with Crippen LogP contribution in [-0.2, 0) is 21.1 Å². The van der Waals surface area contributed by atoms with Crippen LogP contribution in [0.4, 0.5) is 0 Å². The number of rotatable bonds is 15. The van der Waals surface area contributed by atoms with Gasteiger partial charge in [0.15, 0.2) is 34.8 Å². The molecule has 24 heteroatoms. The summed E-state index contributed by atoms with van der Waals surface area (Å²) in [4.78, 5) is 12.1. The molecule has 0 spiro atoms. The van der Waals surface area contributed by atoms with Gasteiger partial charge in [0.2, 0.25) is 0 Å². The van der Waals surface area contributed by atoms with E-state index in [-0.39, 0.29) is 18.3 Å². The van der Waals surface area contributed by atoms with Crippen molar-refractivity contribution < 1.29 is 27.8 Å². The molecule has 0 fully saturated rings. The van der Waals surface area contributed by atoms with Crippen LogP contribution >= 0.6 is 34.8 Å². The molecule has 9 heterocycles. The van der Waals surface area contributed by atoms with Crippen LogP contribution in [0.5, 0.6) is 18.0 Å². The normalized spacial score (nSPS) is 12.1. The number of pyridine rings is 3. The van der Waals surface area contributed by atoms with Gasteiger partial charge in [0, 0.05) is 125 Å². The predicted octanol–water partition coefficient (Wildman–Crippen LogP) is 13.0. The van der Waals surface area contributed by atoms with Crippen molar-refractivity contribution in [2.24, 2.45) is 21.1 Å². The summed E-state index contributed by atoms with van der Waals surface area (Å²) in [5, 5.41) is 39.2. The number of aromatic nitrogens is 15. The summed E-state index contributed by atoms with van der Waals surface area (Å²) in [6, 6.07) is 40.1. The molecule has 0 aliphatic rings. The van der Waals surface area contributed by atoms with Gasteiger partial charge in [0.05, 0.1) is 0 Å². The summed E-state index contributed by atoms with van der Waals surface area (Å²) in [6.45, 7) is 5.62. The van der Waals surface area contributed by atoms with Gasteiger partial charge in [-0.2, -0.15) is 0 Å². The summed E-state index contributed by atoms with van der Waals surface area (Å²) in [5.74, 6) is 3.93. The maximum absolute atomic E-state index is 6.03.